The molecule has 0 radical (unpaired) electrons. The van der Waals surface area contributed by atoms with Crippen LogP contribution in [0.4, 0.5) is 5.82 Å². The second-order valence-corrected chi connectivity index (χ2v) is 3.79. The van der Waals surface area contributed by atoms with Crippen molar-refractivity contribution in [2.24, 2.45) is 0 Å². The third kappa shape index (κ3) is 2.74. The number of carbonyl (C=O) groups excluding carboxylic acids is 1. The van der Waals surface area contributed by atoms with Gasteiger partial charge in [0, 0.05) is 19.4 Å². The first kappa shape index (κ1) is 12.7. The third-order valence-electron chi connectivity index (χ3n) is 2.53. The zero-order valence-corrected chi connectivity index (χ0v) is 10.1. The number of pyridine rings is 2. The Morgan fingerprint density at radius 1 is 1.16 bits per heavy atom. The minimum atomic E-state index is -1.13. The lowest BCUT2D eigenvalue weighted by atomic mass is 10.2. The topological polar surface area (TPSA) is 83.4 Å². The molecule has 96 valence electrons. The fourth-order valence-corrected chi connectivity index (χ4v) is 1.50. The van der Waals surface area contributed by atoms with E-state index in [4.69, 9.17) is 5.11 Å². The SMILES string of the molecule is CN(C(=O)c1ccc(C(=O)O)nc1)c1ccccn1. The van der Waals surface area contributed by atoms with Gasteiger partial charge < -0.3 is 5.11 Å². The first-order valence-electron chi connectivity index (χ1n) is 5.48. The first-order valence-corrected chi connectivity index (χ1v) is 5.48. The number of rotatable bonds is 3. The maximum Gasteiger partial charge on any atom is 0.354 e. The van der Waals surface area contributed by atoms with Crippen LogP contribution in [0.1, 0.15) is 20.8 Å². The molecule has 0 aliphatic carbocycles. The normalized spacial score (nSPS) is 9.95. The number of anilines is 1. The number of amides is 1. The molecule has 19 heavy (non-hydrogen) atoms. The van der Waals surface area contributed by atoms with E-state index in [0.717, 1.165) is 0 Å². The summed E-state index contributed by atoms with van der Waals surface area (Å²) in [6, 6.07) is 7.96. The molecule has 0 atom stereocenters. The van der Waals surface area contributed by atoms with Crippen molar-refractivity contribution in [3.05, 3.63) is 54.0 Å². The molecular weight excluding hydrogens is 246 g/mol. The van der Waals surface area contributed by atoms with Gasteiger partial charge in [0.2, 0.25) is 0 Å². The monoisotopic (exact) mass is 257 g/mol. The van der Waals surface area contributed by atoms with Crippen LogP contribution in [0.15, 0.2) is 42.7 Å². The number of carbonyl (C=O) groups is 2. The Hall–Kier alpha value is -2.76. The van der Waals surface area contributed by atoms with E-state index < -0.39 is 5.97 Å². The number of nitrogens with zero attached hydrogens (tertiary/aromatic N) is 3. The highest BCUT2D eigenvalue weighted by atomic mass is 16.4. The van der Waals surface area contributed by atoms with Crippen LogP contribution in [0.5, 0.6) is 0 Å². The lowest BCUT2D eigenvalue weighted by Gasteiger charge is -2.15. The van der Waals surface area contributed by atoms with E-state index in [-0.39, 0.29) is 11.6 Å². The van der Waals surface area contributed by atoms with Crippen LogP contribution in [-0.4, -0.2) is 34.0 Å². The van der Waals surface area contributed by atoms with Gasteiger partial charge in [0.1, 0.15) is 11.5 Å². The fourth-order valence-electron chi connectivity index (χ4n) is 1.50. The summed E-state index contributed by atoms with van der Waals surface area (Å²) >= 11 is 0. The van der Waals surface area contributed by atoms with Crippen molar-refractivity contribution in [1.29, 1.82) is 0 Å². The van der Waals surface area contributed by atoms with Gasteiger partial charge >= 0.3 is 5.97 Å². The molecule has 6 heteroatoms. The Balaban J connectivity index is 2.22. The van der Waals surface area contributed by atoms with Gasteiger partial charge in [0.15, 0.2) is 0 Å². The Morgan fingerprint density at radius 2 is 1.95 bits per heavy atom. The third-order valence-corrected chi connectivity index (χ3v) is 2.53. The maximum atomic E-state index is 12.1. The summed E-state index contributed by atoms with van der Waals surface area (Å²) in [5.74, 6) is -0.921. The summed E-state index contributed by atoms with van der Waals surface area (Å²) in [4.78, 5) is 31.9. The molecule has 0 saturated carbocycles. The van der Waals surface area contributed by atoms with E-state index in [0.29, 0.717) is 11.4 Å². The van der Waals surface area contributed by atoms with E-state index in [2.05, 4.69) is 9.97 Å². The minimum absolute atomic E-state index is 0.1000. The molecule has 0 aliphatic rings. The predicted molar refractivity (Wildman–Crippen MR) is 68.2 cm³/mol. The molecule has 1 N–H and O–H groups in total. The molecule has 1 amide bonds. The van der Waals surface area contributed by atoms with Gasteiger partial charge in [0.25, 0.3) is 5.91 Å². The maximum absolute atomic E-state index is 12.1. The Bertz CT molecular complexity index is 596. The van der Waals surface area contributed by atoms with Gasteiger partial charge in [-0.25, -0.2) is 14.8 Å². The van der Waals surface area contributed by atoms with Crippen molar-refractivity contribution in [2.45, 2.75) is 0 Å². The predicted octanol–water partition coefficient (Wildman–Crippen LogP) is 1.45. The second-order valence-electron chi connectivity index (χ2n) is 3.79. The van der Waals surface area contributed by atoms with Crippen LogP contribution in [0, 0.1) is 0 Å². The number of aromatic carboxylic acids is 1. The highest BCUT2D eigenvalue weighted by molar-refractivity contribution is 6.05. The van der Waals surface area contributed by atoms with Gasteiger partial charge in [-0.1, -0.05) is 6.07 Å². The second kappa shape index (κ2) is 5.26. The largest absolute Gasteiger partial charge is 0.477 e. The van der Waals surface area contributed by atoms with Crippen LogP contribution in [-0.2, 0) is 0 Å². The number of hydrogen-bond acceptors (Lipinski definition) is 4. The molecule has 2 heterocycles. The highest BCUT2D eigenvalue weighted by Gasteiger charge is 2.15. The molecule has 0 fully saturated rings. The molecule has 0 unspecified atom stereocenters. The van der Waals surface area contributed by atoms with Crippen LogP contribution in [0.25, 0.3) is 0 Å². The average Bonchev–Trinajstić information content (AvgIpc) is 2.46. The van der Waals surface area contributed by atoms with E-state index >= 15 is 0 Å². The van der Waals surface area contributed by atoms with Crippen molar-refractivity contribution >= 4 is 17.7 Å². The Morgan fingerprint density at radius 3 is 2.47 bits per heavy atom. The number of hydrogen-bond donors (Lipinski definition) is 1. The van der Waals surface area contributed by atoms with Gasteiger partial charge in [-0.3, -0.25) is 9.69 Å². The average molecular weight is 257 g/mol. The minimum Gasteiger partial charge on any atom is -0.477 e. The van der Waals surface area contributed by atoms with E-state index in [9.17, 15) is 9.59 Å². The lowest BCUT2D eigenvalue weighted by molar-refractivity contribution is 0.0690. The summed E-state index contributed by atoms with van der Waals surface area (Å²) in [6.45, 7) is 0. The molecule has 0 bridgehead atoms. The molecule has 0 spiro atoms. The van der Waals surface area contributed by atoms with Gasteiger partial charge in [-0.15, -0.1) is 0 Å². The molecule has 2 aromatic rings. The zero-order chi connectivity index (χ0) is 13.8. The summed E-state index contributed by atoms with van der Waals surface area (Å²) in [5, 5.41) is 8.73. The fraction of sp³-hybridized carbons (Fsp3) is 0.0769. The Kier molecular flexibility index (Phi) is 3.51. The molecule has 2 aromatic heterocycles. The van der Waals surface area contributed by atoms with Crippen LogP contribution in [0.2, 0.25) is 0 Å². The van der Waals surface area contributed by atoms with Crippen LogP contribution in [0.3, 0.4) is 0 Å². The van der Waals surface area contributed by atoms with E-state index in [1.54, 1.807) is 31.4 Å². The number of carboxylic acids is 1. The molecule has 2 rings (SSSR count). The van der Waals surface area contributed by atoms with Crippen molar-refractivity contribution in [2.75, 3.05) is 11.9 Å². The van der Waals surface area contributed by atoms with Gasteiger partial charge in [-0.05, 0) is 24.3 Å². The molecule has 0 saturated heterocycles. The highest BCUT2D eigenvalue weighted by Crippen LogP contribution is 2.11. The Labute approximate surface area is 109 Å². The van der Waals surface area contributed by atoms with Crippen LogP contribution < -0.4 is 4.90 Å². The summed E-state index contributed by atoms with van der Waals surface area (Å²) in [7, 11) is 1.59. The molecule has 6 nitrogen and oxygen atoms in total. The lowest BCUT2D eigenvalue weighted by Crippen LogP contribution is -2.27. The summed E-state index contributed by atoms with van der Waals surface area (Å²) in [5.41, 5.74) is 0.204. The van der Waals surface area contributed by atoms with Crippen molar-refractivity contribution < 1.29 is 14.7 Å². The molecular formula is C13H11N3O3. The van der Waals surface area contributed by atoms with Gasteiger partial charge in [0.05, 0.1) is 5.56 Å². The van der Waals surface area contributed by atoms with E-state index in [1.165, 1.54) is 23.2 Å². The smallest absolute Gasteiger partial charge is 0.354 e. The van der Waals surface area contributed by atoms with E-state index in [1.807, 2.05) is 0 Å². The van der Waals surface area contributed by atoms with Crippen molar-refractivity contribution in [3.8, 4) is 0 Å². The quantitative estimate of drug-likeness (QED) is 0.899. The van der Waals surface area contributed by atoms with Crippen LogP contribution >= 0.6 is 0 Å². The van der Waals surface area contributed by atoms with Gasteiger partial charge in [-0.2, -0.15) is 0 Å². The number of aromatic nitrogens is 2. The number of carboxylic acid groups (broad SMARTS) is 1. The van der Waals surface area contributed by atoms with Crippen molar-refractivity contribution in [1.82, 2.24) is 9.97 Å². The summed E-state index contributed by atoms with van der Waals surface area (Å²) in [6.07, 6.45) is 2.83. The molecule has 0 aromatic carbocycles. The zero-order valence-electron chi connectivity index (χ0n) is 10.1. The first-order chi connectivity index (χ1) is 9.09. The molecule has 0 aliphatic heterocycles. The standard InChI is InChI=1S/C13H11N3O3/c1-16(11-4-2-3-7-14-11)12(17)9-5-6-10(13(18)19)15-8-9/h2-8H,1H3,(H,18,19). The summed E-state index contributed by atoms with van der Waals surface area (Å²) < 4.78 is 0. The van der Waals surface area contributed by atoms with Crippen molar-refractivity contribution in [3.63, 3.8) is 0 Å².